The molecule has 2 aliphatic rings. The molecule has 4 heteroatoms. The zero-order valence-corrected chi connectivity index (χ0v) is 10.9. The molecule has 4 nitrogen and oxygen atoms in total. The lowest BCUT2D eigenvalue weighted by molar-refractivity contribution is -0.131. The van der Waals surface area contributed by atoms with Crippen LogP contribution in [0.1, 0.15) is 17.9 Å². The van der Waals surface area contributed by atoms with E-state index in [0.29, 0.717) is 6.54 Å². The quantitative estimate of drug-likeness (QED) is 0.598. The van der Waals surface area contributed by atoms with E-state index in [2.05, 4.69) is 5.32 Å². The van der Waals surface area contributed by atoms with E-state index >= 15 is 0 Å². The van der Waals surface area contributed by atoms with Gasteiger partial charge in [-0.3, -0.25) is 9.59 Å². The van der Waals surface area contributed by atoms with Crippen molar-refractivity contribution in [2.24, 2.45) is 0 Å². The molecule has 1 saturated heterocycles. The number of fused-ring (bicyclic) bond motifs is 1. The monoisotopic (exact) mass is 269 g/mol. The average molecular weight is 269 g/mol. The number of ketones is 2. The second-order valence-electron chi connectivity index (χ2n) is 5.10. The zero-order valence-electron chi connectivity index (χ0n) is 10.9. The molecule has 0 aromatic heterocycles. The summed E-state index contributed by atoms with van der Waals surface area (Å²) in [6, 6.07) is 7.04. The Kier molecular flexibility index (Phi) is 3.24. The molecule has 1 aromatic rings. The number of hydrogen-bond donors (Lipinski definition) is 2. The van der Waals surface area contributed by atoms with Crippen molar-refractivity contribution in [3.63, 3.8) is 0 Å². The van der Waals surface area contributed by atoms with Gasteiger partial charge in [-0.1, -0.05) is 12.1 Å². The van der Waals surface area contributed by atoms with Crippen molar-refractivity contribution in [3.8, 4) is 5.75 Å². The third-order valence-corrected chi connectivity index (χ3v) is 3.77. The van der Waals surface area contributed by atoms with Crippen LogP contribution >= 0.6 is 0 Å². The van der Waals surface area contributed by atoms with E-state index in [0.717, 1.165) is 29.7 Å². The number of carbonyl (C=O) groups is 2. The fourth-order valence-electron chi connectivity index (χ4n) is 2.78. The maximum absolute atomic E-state index is 11.7. The van der Waals surface area contributed by atoms with Crippen molar-refractivity contribution in [2.45, 2.75) is 12.3 Å². The van der Waals surface area contributed by atoms with Crippen molar-refractivity contribution < 1.29 is 14.7 Å². The van der Waals surface area contributed by atoms with Gasteiger partial charge in [0.2, 0.25) is 11.6 Å². The predicted molar refractivity (Wildman–Crippen MR) is 74.5 cm³/mol. The maximum Gasteiger partial charge on any atom is 0.226 e. The first-order valence-electron chi connectivity index (χ1n) is 6.65. The minimum absolute atomic E-state index is 0.0205. The Bertz CT molecular complexity index is 643. The number of nitrogens with one attached hydrogen (secondary N) is 1. The van der Waals surface area contributed by atoms with Gasteiger partial charge in [0.15, 0.2) is 0 Å². The topological polar surface area (TPSA) is 66.4 Å². The summed E-state index contributed by atoms with van der Waals surface area (Å²) in [6.07, 6.45) is 3.65. The van der Waals surface area contributed by atoms with Gasteiger partial charge in [0.1, 0.15) is 5.75 Å². The molecule has 0 bridgehead atoms. The molecule has 1 unspecified atom stereocenters. The lowest BCUT2D eigenvalue weighted by Gasteiger charge is -2.21. The summed E-state index contributed by atoms with van der Waals surface area (Å²) < 4.78 is 0. The third kappa shape index (κ3) is 2.30. The van der Waals surface area contributed by atoms with Gasteiger partial charge >= 0.3 is 0 Å². The summed E-state index contributed by atoms with van der Waals surface area (Å²) >= 11 is 0. The number of phenolic OH excluding ortho intramolecular Hbond substituents is 1. The molecule has 1 atom stereocenters. The number of allylic oxidation sites excluding steroid dienone is 2. The molecule has 0 amide bonds. The molecule has 0 saturated carbocycles. The number of hydrogen-bond acceptors (Lipinski definition) is 4. The fourth-order valence-corrected chi connectivity index (χ4v) is 2.78. The Hall–Kier alpha value is -2.20. The molecule has 2 N–H and O–H groups in total. The van der Waals surface area contributed by atoms with Crippen molar-refractivity contribution >= 4 is 11.6 Å². The standard InChI is InChI=1S/C16H15NO3/c18-12-3-1-2-10(6-12)14-9-17-5-4-11-7-15(19)16(20)8-13(11)14/h1-3,6-8,14,17-18H,4-5,9H2. The van der Waals surface area contributed by atoms with Crippen LogP contribution in [0.25, 0.3) is 0 Å². The van der Waals surface area contributed by atoms with Crippen molar-refractivity contribution in [1.82, 2.24) is 5.32 Å². The number of benzene rings is 1. The minimum atomic E-state index is -0.462. The van der Waals surface area contributed by atoms with Crippen LogP contribution in [-0.2, 0) is 9.59 Å². The van der Waals surface area contributed by atoms with E-state index in [-0.39, 0.29) is 11.7 Å². The summed E-state index contributed by atoms with van der Waals surface area (Å²) in [6.45, 7) is 1.47. The maximum atomic E-state index is 11.7. The van der Waals surface area contributed by atoms with E-state index in [9.17, 15) is 14.7 Å². The Morgan fingerprint density at radius 3 is 2.75 bits per heavy atom. The van der Waals surface area contributed by atoms with E-state index in [4.69, 9.17) is 0 Å². The normalized spacial score (nSPS) is 22.7. The van der Waals surface area contributed by atoms with E-state index in [1.165, 1.54) is 12.2 Å². The summed E-state index contributed by atoms with van der Waals surface area (Å²) in [5.41, 5.74) is 2.76. The summed E-state index contributed by atoms with van der Waals surface area (Å²) in [5.74, 6) is -0.722. The highest BCUT2D eigenvalue weighted by atomic mass is 16.3. The number of rotatable bonds is 1. The molecule has 0 radical (unpaired) electrons. The molecule has 1 aliphatic carbocycles. The van der Waals surface area contributed by atoms with E-state index in [1.54, 1.807) is 18.2 Å². The van der Waals surface area contributed by atoms with Crippen LogP contribution in [0.15, 0.2) is 47.6 Å². The second kappa shape index (κ2) is 5.06. The third-order valence-electron chi connectivity index (χ3n) is 3.77. The van der Waals surface area contributed by atoms with Crippen LogP contribution in [0.3, 0.4) is 0 Å². The summed E-state index contributed by atoms with van der Waals surface area (Å²) in [4.78, 5) is 23.2. The Morgan fingerprint density at radius 2 is 1.95 bits per heavy atom. The first kappa shape index (κ1) is 12.8. The molecule has 1 fully saturated rings. The summed E-state index contributed by atoms with van der Waals surface area (Å²) in [7, 11) is 0. The van der Waals surface area contributed by atoms with Gasteiger partial charge in [0.05, 0.1) is 0 Å². The van der Waals surface area contributed by atoms with Gasteiger partial charge in [-0.15, -0.1) is 0 Å². The van der Waals surface area contributed by atoms with Crippen LogP contribution < -0.4 is 5.32 Å². The largest absolute Gasteiger partial charge is 0.508 e. The highest BCUT2D eigenvalue weighted by Crippen LogP contribution is 2.35. The number of phenols is 1. The van der Waals surface area contributed by atoms with E-state index < -0.39 is 11.6 Å². The van der Waals surface area contributed by atoms with Crippen molar-refractivity contribution in [3.05, 3.63) is 53.1 Å². The molecule has 102 valence electrons. The lowest BCUT2D eigenvalue weighted by Crippen LogP contribution is -2.21. The van der Waals surface area contributed by atoms with Gasteiger partial charge in [0, 0.05) is 12.5 Å². The molecule has 0 spiro atoms. The molecule has 1 heterocycles. The first-order valence-corrected chi connectivity index (χ1v) is 6.65. The fraction of sp³-hybridized carbons (Fsp3) is 0.250. The number of aromatic hydroxyl groups is 1. The number of carbonyl (C=O) groups excluding carboxylic acids is 2. The molecule has 1 aliphatic heterocycles. The van der Waals surface area contributed by atoms with Crippen LogP contribution in [0, 0.1) is 0 Å². The van der Waals surface area contributed by atoms with Crippen LogP contribution in [-0.4, -0.2) is 29.8 Å². The van der Waals surface area contributed by atoms with E-state index in [1.807, 2.05) is 6.07 Å². The van der Waals surface area contributed by atoms with Crippen LogP contribution in [0.4, 0.5) is 0 Å². The Balaban J connectivity index is 2.06. The predicted octanol–water partition coefficient (Wildman–Crippen LogP) is 1.47. The minimum Gasteiger partial charge on any atom is -0.508 e. The molecular weight excluding hydrogens is 254 g/mol. The van der Waals surface area contributed by atoms with Crippen LogP contribution in [0.2, 0.25) is 0 Å². The SMILES string of the molecule is O=C1C=C2CCNCC(c3cccc(O)c3)C2=CC1=O. The highest BCUT2D eigenvalue weighted by molar-refractivity contribution is 6.46. The van der Waals surface area contributed by atoms with Gasteiger partial charge in [0.25, 0.3) is 0 Å². The van der Waals surface area contributed by atoms with Gasteiger partial charge < -0.3 is 10.4 Å². The molecule has 3 rings (SSSR count). The van der Waals surface area contributed by atoms with Gasteiger partial charge in [-0.05, 0) is 54.0 Å². The molecular formula is C16H15NO3. The average Bonchev–Trinajstić information content (AvgIpc) is 2.62. The summed E-state index contributed by atoms with van der Waals surface area (Å²) in [5, 5.41) is 12.9. The van der Waals surface area contributed by atoms with Gasteiger partial charge in [-0.25, -0.2) is 0 Å². The van der Waals surface area contributed by atoms with Crippen molar-refractivity contribution in [1.29, 1.82) is 0 Å². The van der Waals surface area contributed by atoms with Gasteiger partial charge in [-0.2, -0.15) is 0 Å². The first-order chi connectivity index (χ1) is 9.65. The highest BCUT2D eigenvalue weighted by Gasteiger charge is 2.28. The second-order valence-corrected chi connectivity index (χ2v) is 5.10. The lowest BCUT2D eigenvalue weighted by atomic mass is 9.82. The molecule has 1 aromatic carbocycles. The smallest absolute Gasteiger partial charge is 0.226 e. The van der Waals surface area contributed by atoms with Crippen LogP contribution in [0.5, 0.6) is 5.75 Å². The molecule has 20 heavy (non-hydrogen) atoms. The van der Waals surface area contributed by atoms with Crippen molar-refractivity contribution in [2.75, 3.05) is 13.1 Å². The Morgan fingerprint density at radius 1 is 1.15 bits per heavy atom. The zero-order chi connectivity index (χ0) is 14.1. The Labute approximate surface area is 116 Å².